The molecule has 1 amide bonds. The van der Waals surface area contributed by atoms with Crippen molar-refractivity contribution in [1.82, 2.24) is 14.8 Å². The third kappa shape index (κ3) is 5.75. The first-order valence-electron chi connectivity index (χ1n) is 9.86. The van der Waals surface area contributed by atoms with Crippen LogP contribution in [0.5, 0.6) is 5.75 Å². The summed E-state index contributed by atoms with van der Waals surface area (Å²) in [7, 11) is 0. The van der Waals surface area contributed by atoms with E-state index in [0.717, 1.165) is 49.8 Å². The van der Waals surface area contributed by atoms with Crippen molar-refractivity contribution < 1.29 is 27.1 Å². The molecule has 0 radical (unpaired) electrons. The average molecular weight is 467 g/mol. The maximum absolute atomic E-state index is 12.4. The Hall–Kier alpha value is -3.15. The van der Waals surface area contributed by atoms with Gasteiger partial charge in [0.05, 0.1) is 18.6 Å². The lowest BCUT2D eigenvalue weighted by molar-refractivity contribution is -0.274. The second-order valence-electron chi connectivity index (χ2n) is 7.05. The minimum absolute atomic E-state index is 0.0527. The normalized spacial score (nSPS) is 14.0. The molecule has 12 heteroatoms. The van der Waals surface area contributed by atoms with Crippen molar-refractivity contribution in [3.8, 4) is 5.75 Å². The van der Waals surface area contributed by atoms with Gasteiger partial charge in [-0.25, -0.2) is 0 Å². The van der Waals surface area contributed by atoms with E-state index in [9.17, 15) is 18.0 Å². The molecule has 0 bridgehead atoms. The Morgan fingerprint density at radius 2 is 1.91 bits per heavy atom. The number of ether oxygens (including phenoxy) is 1. The van der Waals surface area contributed by atoms with E-state index in [-0.39, 0.29) is 17.4 Å². The number of aromatic nitrogens is 3. The fraction of sp³-hybridized carbons (Fsp3) is 0.350. The van der Waals surface area contributed by atoms with Crippen LogP contribution in [0.3, 0.4) is 0 Å². The number of carbonyl (C=O) groups excluding carboxylic acids is 1. The monoisotopic (exact) mass is 467 g/mol. The Labute approximate surface area is 185 Å². The SMILES string of the molecule is O=C(CSc1nnc(N2CCCC2)n1Cc1ccco1)Nc1ccc(OC(F)(F)F)cc1. The summed E-state index contributed by atoms with van der Waals surface area (Å²) in [6.07, 6.45) is -0.988. The molecule has 3 aromatic rings. The van der Waals surface area contributed by atoms with Crippen LogP contribution in [0.2, 0.25) is 0 Å². The Balaban J connectivity index is 1.39. The van der Waals surface area contributed by atoms with E-state index >= 15 is 0 Å². The molecule has 32 heavy (non-hydrogen) atoms. The molecule has 0 unspecified atom stereocenters. The molecule has 170 valence electrons. The Kier molecular flexibility index (Phi) is 6.58. The molecule has 3 heterocycles. The smallest absolute Gasteiger partial charge is 0.467 e. The van der Waals surface area contributed by atoms with E-state index in [1.807, 2.05) is 10.6 Å². The van der Waals surface area contributed by atoms with E-state index < -0.39 is 6.36 Å². The van der Waals surface area contributed by atoms with Gasteiger partial charge in [-0.05, 0) is 49.2 Å². The van der Waals surface area contributed by atoms with Crippen LogP contribution in [0.15, 0.2) is 52.2 Å². The Bertz CT molecular complexity index is 1030. The summed E-state index contributed by atoms with van der Waals surface area (Å²) < 4.78 is 48.0. The van der Waals surface area contributed by atoms with Crippen LogP contribution in [0.1, 0.15) is 18.6 Å². The summed E-state index contributed by atoms with van der Waals surface area (Å²) >= 11 is 1.22. The van der Waals surface area contributed by atoms with Crippen LogP contribution in [-0.2, 0) is 11.3 Å². The molecule has 1 aromatic carbocycles. The van der Waals surface area contributed by atoms with Gasteiger partial charge in [0.2, 0.25) is 11.9 Å². The Morgan fingerprint density at radius 1 is 1.16 bits per heavy atom. The molecule has 0 spiro atoms. The molecular weight excluding hydrogens is 447 g/mol. The topological polar surface area (TPSA) is 85.4 Å². The van der Waals surface area contributed by atoms with Crippen LogP contribution >= 0.6 is 11.8 Å². The summed E-state index contributed by atoms with van der Waals surface area (Å²) in [4.78, 5) is 14.5. The molecule has 4 rings (SSSR count). The number of amides is 1. The predicted octanol–water partition coefficient (Wildman–Crippen LogP) is 4.15. The summed E-state index contributed by atoms with van der Waals surface area (Å²) in [5.41, 5.74) is 0.361. The summed E-state index contributed by atoms with van der Waals surface area (Å²) in [6, 6.07) is 8.63. The molecule has 0 aliphatic carbocycles. The zero-order chi connectivity index (χ0) is 22.6. The van der Waals surface area contributed by atoms with Crippen LogP contribution in [0.4, 0.5) is 24.8 Å². The number of furan rings is 1. The van der Waals surface area contributed by atoms with E-state index in [0.29, 0.717) is 17.4 Å². The minimum Gasteiger partial charge on any atom is -0.467 e. The maximum Gasteiger partial charge on any atom is 0.573 e. The number of benzene rings is 1. The van der Waals surface area contributed by atoms with E-state index in [1.165, 1.54) is 23.9 Å². The third-order valence-corrected chi connectivity index (χ3v) is 5.65. The number of nitrogens with one attached hydrogen (secondary N) is 1. The minimum atomic E-state index is -4.76. The van der Waals surface area contributed by atoms with E-state index in [4.69, 9.17) is 4.42 Å². The molecular formula is C20H20F3N5O3S. The number of thioether (sulfide) groups is 1. The van der Waals surface area contributed by atoms with Crippen molar-refractivity contribution in [2.75, 3.05) is 29.1 Å². The quantitative estimate of drug-likeness (QED) is 0.498. The van der Waals surface area contributed by atoms with Crippen molar-refractivity contribution >= 4 is 29.3 Å². The number of hydrogen-bond acceptors (Lipinski definition) is 7. The summed E-state index contributed by atoms with van der Waals surface area (Å²) in [5.74, 6) is 0.858. The fourth-order valence-electron chi connectivity index (χ4n) is 3.30. The molecule has 2 aromatic heterocycles. The van der Waals surface area contributed by atoms with Gasteiger partial charge in [0.1, 0.15) is 11.5 Å². The standard InChI is InChI=1S/C20H20F3N5O3S/c21-20(22,23)31-15-7-5-14(6-8-15)24-17(29)13-32-19-26-25-18(27-9-1-2-10-27)28(19)12-16-4-3-11-30-16/h3-8,11H,1-2,9-10,12-13H2,(H,24,29). The number of anilines is 2. The molecule has 0 saturated carbocycles. The van der Waals surface area contributed by atoms with Gasteiger partial charge < -0.3 is 19.4 Å². The van der Waals surface area contributed by atoms with Gasteiger partial charge in [-0.1, -0.05) is 11.8 Å². The highest BCUT2D eigenvalue weighted by Gasteiger charge is 2.31. The number of alkyl halides is 3. The molecule has 1 fully saturated rings. The molecule has 1 aliphatic rings. The predicted molar refractivity (Wildman–Crippen MR) is 112 cm³/mol. The summed E-state index contributed by atoms with van der Waals surface area (Å²) in [5, 5.41) is 11.8. The number of nitrogens with zero attached hydrogens (tertiary/aromatic N) is 4. The highest BCUT2D eigenvalue weighted by Crippen LogP contribution is 2.27. The first-order chi connectivity index (χ1) is 15.4. The maximum atomic E-state index is 12.4. The first-order valence-corrected chi connectivity index (χ1v) is 10.8. The highest BCUT2D eigenvalue weighted by molar-refractivity contribution is 7.99. The number of carbonyl (C=O) groups is 1. The molecule has 0 atom stereocenters. The highest BCUT2D eigenvalue weighted by atomic mass is 32.2. The van der Waals surface area contributed by atoms with Crippen LogP contribution < -0.4 is 15.0 Å². The number of rotatable bonds is 8. The zero-order valence-corrected chi connectivity index (χ0v) is 17.7. The number of hydrogen-bond donors (Lipinski definition) is 1. The Morgan fingerprint density at radius 3 is 2.56 bits per heavy atom. The van der Waals surface area contributed by atoms with Crippen molar-refractivity contribution in [3.05, 3.63) is 48.4 Å². The van der Waals surface area contributed by atoms with Crippen LogP contribution in [0, 0.1) is 0 Å². The second kappa shape index (κ2) is 9.55. The van der Waals surface area contributed by atoms with Gasteiger partial charge in [-0.15, -0.1) is 23.4 Å². The van der Waals surface area contributed by atoms with Gasteiger partial charge >= 0.3 is 6.36 Å². The molecule has 1 saturated heterocycles. The largest absolute Gasteiger partial charge is 0.573 e. The van der Waals surface area contributed by atoms with Crippen molar-refractivity contribution in [1.29, 1.82) is 0 Å². The van der Waals surface area contributed by atoms with Gasteiger partial charge in [0, 0.05) is 18.8 Å². The third-order valence-electron chi connectivity index (χ3n) is 4.68. The van der Waals surface area contributed by atoms with Crippen molar-refractivity contribution in [3.63, 3.8) is 0 Å². The van der Waals surface area contributed by atoms with Crippen molar-refractivity contribution in [2.45, 2.75) is 30.9 Å². The lowest BCUT2D eigenvalue weighted by Gasteiger charge is -2.17. The lowest BCUT2D eigenvalue weighted by atomic mass is 10.3. The molecule has 1 N–H and O–H groups in total. The van der Waals surface area contributed by atoms with Gasteiger partial charge in [-0.3, -0.25) is 9.36 Å². The van der Waals surface area contributed by atoms with Crippen molar-refractivity contribution in [2.24, 2.45) is 0 Å². The lowest BCUT2D eigenvalue weighted by Crippen LogP contribution is -2.22. The van der Waals surface area contributed by atoms with E-state index in [1.54, 1.807) is 12.3 Å². The average Bonchev–Trinajstić information content (AvgIpc) is 3.49. The molecule has 1 aliphatic heterocycles. The first kappa shape index (κ1) is 22.1. The van der Waals surface area contributed by atoms with Gasteiger partial charge in [-0.2, -0.15) is 0 Å². The fourth-order valence-corrected chi connectivity index (χ4v) is 4.04. The zero-order valence-electron chi connectivity index (χ0n) is 16.8. The van der Waals surface area contributed by atoms with Gasteiger partial charge in [0.25, 0.3) is 0 Å². The van der Waals surface area contributed by atoms with Crippen LogP contribution in [0.25, 0.3) is 0 Å². The second-order valence-corrected chi connectivity index (χ2v) is 7.99. The molecule has 8 nitrogen and oxygen atoms in total. The number of halogens is 3. The van der Waals surface area contributed by atoms with Crippen LogP contribution in [-0.4, -0.2) is 45.9 Å². The van der Waals surface area contributed by atoms with E-state index in [2.05, 4.69) is 25.2 Å². The van der Waals surface area contributed by atoms with Gasteiger partial charge in [0.15, 0.2) is 5.16 Å². The summed E-state index contributed by atoms with van der Waals surface area (Å²) in [6.45, 7) is 2.24.